The smallest absolute Gasteiger partial charge is 0.144 e. The van der Waals surface area contributed by atoms with Crippen molar-refractivity contribution in [1.29, 1.82) is 0 Å². The summed E-state index contributed by atoms with van der Waals surface area (Å²) in [5, 5.41) is 10.9. The van der Waals surface area contributed by atoms with E-state index in [1.54, 1.807) is 6.07 Å². The molecule has 2 aromatic carbocycles. The second kappa shape index (κ2) is 5.85. The van der Waals surface area contributed by atoms with Crippen molar-refractivity contribution in [3.05, 3.63) is 45.0 Å². The Morgan fingerprint density at radius 1 is 1.29 bits per heavy atom. The number of rotatable bonds is 3. The lowest BCUT2D eigenvalue weighted by molar-refractivity contribution is 0.476. The lowest BCUT2D eigenvalue weighted by Crippen LogP contribution is -2.00. The molecule has 1 heterocycles. The van der Waals surface area contributed by atoms with Gasteiger partial charge in [-0.1, -0.05) is 24.6 Å². The van der Waals surface area contributed by atoms with Gasteiger partial charge in [0.15, 0.2) is 0 Å². The lowest BCUT2D eigenvalue weighted by Gasteiger charge is -2.10. The second-order valence-electron chi connectivity index (χ2n) is 4.86. The van der Waals surface area contributed by atoms with E-state index in [0.29, 0.717) is 5.02 Å². The van der Waals surface area contributed by atoms with Crippen LogP contribution >= 0.6 is 34.2 Å². The lowest BCUT2D eigenvalue weighted by atomic mass is 10.2. The molecule has 3 aromatic rings. The van der Waals surface area contributed by atoms with Gasteiger partial charge in [-0.3, -0.25) is 0 Å². The Kier molecular flexibility index (Phi) is 4.08. The van der Waals surface area contributed by atoms with Crippen molar-refractivity contribution >= 4 is 45.2 Å². The van der Waals surface area contributed by atoms with Crippen molar-refractivity contribution in [2.24, 2.45) is 0 Å². The van der Waals surface area contributed by atoms with E-state index in [-0.39, 0.29) is 5.75 Å². The SMILES string of the molecule is CCCn1c(-c2cc(I)ccc2O)nc2cccc(Cl)c21. The highest BCUT2D eigenvalue weighted by Gasteiger charge is 2.17. The summed E-state index contributed by atoms with van der Waals surface area (Å²) in [7, 11) is 0. The van der Waals surface area contributed by atoms with Crippen LogP contribution in [-0.2, 0) is 6.54 Å². The largest absolute Gasteiger partial charge is 0.507 e. The number of halogens is 2. The Bertz CT molecular complexity index is 813. The van der Waals surface area contributed by atoms with Crippen molar-refractivity contribution in [3.63, 3.8) is 0 Å². The molecule has 0 saturated carbocycles. The molecule has 0 aliphatic carbocycles. The summed E-state index contributed by atoms with van der Waals surface area (Å²) in [6.45, 7) is 2.92. The Balaban J connectivity index is 2.34. The van der Waals surface area contributed by atoms with Gasteiger partial charge in [0.25, 0.3) is 0 Å². The van der Waals surface area contributed by atoms with Crippen LogP contribution in [0.5, 0.6) is 5.75 Å². The minimum atomic E-state index is 0.235. The van der Waals surface area contributed by atoms with Crippen molar-refractivity contribution in [2.45, 2.75) is 19.9 Å². The topological polar surface area (TPSA) is 38.0 Å². The van der Waals surface area contributed by atoms with Crippen LogP contribution in [0.1, 0.15) is 13.3 Å². The predicted molar refractivity (Wildman–Crippen MR) is 94.9 cm³/mol. The van der Waals surface area contributed by atoms with Gasteiger partial charge in [-0.25, -0.2) is 4.98 Å². The number of nitrogens with zero attached hydrogens (tertiary/aromatic N) is 2. The molecule has 3 nitrogen and oxygen atoms in total. The number of benzene rings is 2. The minimum absolute atomic E-state index is 0.235. The number of aromatic hydroxyl groups is 1. The Labute approximate surface area is 141 Å². The van der Waals surface area contributed by atoms with Crippen LogP contribution < -0.4 is 0 Å². The number of fused-ring (bicyclic) bond motifs is 1. The second-order valence-corrected chi connectivity index (χ2v) is 6.51. The fourth-order valence-corrected chi connectivity index (χ4v) is 3.24. The Morgan fingerprint density at radius 3 is 2.86 bits per heavy atom. The number of aryl methyl sites for hydroxylation is 1. The molecular weight excluding hydrogens is 399 g/mol. The number of hydrogen-bond donors (Lipinski definition) is 1. The van der Waals surface area contributed by atoms with E-state index < -0.39 is 0 Å². The van der Waals surface area contributed by atoms with E-state index in [9.17, 15) is 5.11 Å². The first-order valence-electron chi connectivity index (χ1n) is 6.75. The third-order valence-electron chi connectivity index (χ3n) is 3.36. The summed E-state index contributed by atoms with van der Waals surface area (Å²) in [5.74, 6) is 0.996. The van der Waals surface area contributed by atoms with Crippen LogP contribution in [0, 0.1) is 3.57 Å². The van der Waals surface area contributed by atoms with Crippen LogP contribution in [0.15, 0.2) is 36.4 Å². The molecule has 0 unspecified atom stereocenters. The molecule has 3 rings (SSSR count). The monoisotopic (exact) mass is 412 g/mol. The zero-order chi connectivity index (χ0) is 15.0. The predicted octanol–water partition coefficient (Wildman–Crippen LogP) is 5.08. The third kappa shape index (κ3) is 2.62. The maximum atomic E-state index is 10.2. The average Bonchev–Trinajstić information content (AvgIpc) is 2.82. The van der Waals surface area contributed by atoms with Gasteiger partial charge in [-0.05, 0) is 59.3 Å². The Hall–Kier alpha value is -1.27. The number of hydrogen-bond acceptors (Lipinski definition) is 2. The fourth-order valence-electron chi connectivity index (χ4n) is 2.48. The zero-order valence-electron chi connectivity index (χ0n) is 11.5. The average molecular weight is 413 g/mol. The number of phenols is 1. The number of aromatic nitrogens is 2. The molecule has 1 N–H and O–H groups in total. The van der Waals surface area contributed by atoms with E-state index >= 15 is 0 Å². The summed E-state index contributed by atoms with van der Waals surface area (Å²) >= 11 is 8.58. The number of imidazole rings is 1. The summed E-state index contributed by atoms with van der Waals surface area (Å²) in [6, 6.07) is 11.2. The van der Waals surface area contributed by atoms with E-state index in [4.69, 9.17) is 11.6 Å². The molecule has 1 aromatic heterocycles. The number of para-hydroxylation sites is 1. The summed E-state index contributed by atoms with van der Waals surface area (Å²) in [5.41, 5.74) is 2.51. The first kappa shape index (κ1) is 14.7. The summed E-state index contributed by atoms with van der Waals surface area (Å²) in [4.78, 5) is 4.68. The van der Waals surface area contributed by atoms with Gasteiger partial charge >= 0.3 is 0 Å². The quantitative estimate of drug-likeness (QED) is 0.609. The van der Waals surface area contributed by atoms with Crippen molar-refractivity contribution in [1.82, 2.24) is 9.55 Å². The van der Waals surface area contributed by atoms with Gasteiger partial charge < -0.3 is 9.67 Å². The molecule has 5 heteroatoms. The van der Waals surface area contributed by atoms with Crippen LogP contribution in [0.4, 0.5) is 0 Å². The van der Waals surface area contributed by atoms with Gasteiger partial charge in [0.05, 0.1) is 21.6 Å². The molecule has 0 aliphatic heterocycles. The van der Waals surface area contributed by atoms with Gasteiger partial charge in [-0.2, -0.15) is 0 Å². The molecule has 108 valence electrons. The summed E-state index contributed by atoms with van der Waals surface area (Å²) in [6.07, 6.45) is 0.967. The highest BCUT2D eigenvalue weighted by molar-refractivity contribution is 14.1. The molecule has 0 atom stereocenters. The fraction of sp³-hybridized carbons (Fsp3) is 0.188. The molecule has 0 radical (unpaired) electrons. The van der Waals surface area contributed by atoms with Crippen LogP contribution in [0.2, 0.25) is 5.02 Å². The first-order chi connectivity index (χ1) is 10.1. The van der Waals surface area contributed by atoms with Crippen LogP contribution in [0.25, 0.3) is 22.4 Å². The van der Waals surface area contributed by atoms with Gasteiger partial charge in [-0.15, -0.1) is 0 Å². The molecule has 0 amide bonds. The van der Waals surface area contributed by atoms with E-state index in [1.165, 1.54) is 0 Å². The maximum absolute atomic E-state index is 10.2. The highest BCUT2D eigenvalue weighted by atomic mass is 127. The molecular formula is C16H14ClIN2O. The highest BCUT2D eigenvalue weighted by Crippen LogP contribution is 2.34. The van der Waals surface area contributed by atoms with E-state index in [1.807, 2.05) is 30.3 Å². The number of phenolic OH excluding ortho intramolecular Hbond substituents is 1. The molecule has 0 aliphatic rings. The summed E-state index contributed by atoms with van der Waals surface area (Å²) < 4.78 is 3.14. The minimum Gasteiger partial charge on any atom is -0.507 e. The van der Waals surface area contributed by atoms with Gasteiger partial charge in [0, 0.05) is 10.1 Å². The Morgan fingerprint density at radius 2 is 2.10 bits per heavy atom. The van der Waals surface area contributed by atoms with E-state index in [0.717, 1.165) is 39.0 Å². The molecule has 0 fully saturated rings. The molecule has 0 bridgehead atoms. The third-order valence-corrected chi connectivity index (χ3v) is 4.34. The molecule has 0 spiro atoms. The molecule has 0 saturated heterocycles. The maximum Gasteiger partial charge on any atom is 0.144 e. The van der Waals surface area contributed by atoms with Crippen LogP contribution in [-0.4, -0.2) is 14.7 Å². The van der Waals surface area contributed by atoms with Crippen molar-refractivity contribution in [2.75, 3.05) is 0 Å². The van der Waals surface area contributed by atoms with Crippen molar-refractivity contribution < 1.29 is 5.11 Å². The zero-order valence-corrected chi connectivity index (χ0v) is 14.4. The van der Waals surface area contributed by atoms with Gasteiger partial charge in [0.1, 0.15) is 11.6 Å². The molecule has 21 heavy (non-hydrogen) atoms. The van der Waals surface area contributed by atoms with Crippen LogP contribution in [0.3, 0.4) is 0 Å². The first-order valence-corrected chi connectivity index (χ1v) is 8.21. The standard InChI is InChI=1S/C16H14ClIN2O/c1-2-8-20-15-12(17)4-3-5-13(15)19-16(20)11-9-10(18)6-7-14(11)21/h3-7,9,21H,2,8H2,1H3. The normalized spacial score (nSPS) is 11.2. The van der Waals surface area contributed by atoms with Gasteiger partial charge in [0.2, 0.25) is 0 Å². The van der Waals surface area contributed by atoms with E-state index in [2.05, 4.69) is 39.1 Å². The van der Waals surface area contributed by atoms with Crippen molar-refractivity contribution in [3.8, 4) is 17.1 Å².